The molecule has 0 fully saturated rings. The molecule has 0 heterocycles. The maximum absolute atomic E-state index is 3.58. The fraction of sp³-hybridized carbons (Fsp3) is 1.00. The van der Waals surface area contributed by atoms with Crippen molar-refractivity contribution in [2.45, 2.75) is 46.1 Å². The molecular formula is C10H23NS. The van der Waals surface area contributed by atoms with Crippen molar-refractivity contribution in [3.8, 4) is 0 Å². The molecule has 0 rings (SSSR count). The molecule has 2 heteroatoms. The zero-order valence-electron chi connectivity index (χ0n) is 8.73. The normalized spacial score (nSPS) is 13.2. The highest BCUT2D eigenvalue weighted by Gasteiger charge is 2.04. The predicted octanol–water partition coefficient (Wildman–Crippen LogP) is 2.91. The Hall–Kier alpha value is 0.310. The van der Waals surface area contributed by atoms with E-state index in [1.165, 1.54) is 37.3 Å². The van der Waals surface area contributed by atoms with E-state index in [1.807, 2.05) is 11.8 Å². The molecule has 0 aromatic heterocycles. The molecule has 1 unspecified atom stereocenters. The van der Waals surface area contributed by atoms with Crippen LogP contribution in [0, 0.1) is 0 Å². The van der Waals surface area contributed by atoms with Crippen LogP contribution in [0.5, 0.6) is 0 Å². The van der Waals surface area contributed by atoms with Gasteiger partial charge in [0.05, 0.1) is 0 Å². The molecule has 0 amide bonds. The summed E-state index contributed by atoms with van der Waals surface area (Å²) in [7, 11) is 0. The van der Waals surface area contributed by atoms with Crippen molar-refractivity contribution in [3.63, 3.8) is 0 Å². The lowest BCUT2D eigenvalue weighted by Crippen LogP contribution is -2.31. The quantitative estimate of drug-likeness (QED) is 0.630. The Morgan fingerprint density at radius 3 is 2.42 bits per heavy atom. The van der Waals surface area contributed by atoms with E-state index in [9.17, 15) is 0 Å². The van der Waals surface area contributed by atoms with Crippen molar-refractivity contribution < 1.29 is 0 Å². The Morgan fingerprint density at radius 2 is 1.92 bits per heavy atom. The number of rotatable bonds is 8. The van der Waals surface area contributed by atoms with Crippen LogP contribution in [0.1, 0.15) is 40.0 Å². The standard InChI is InChI=1S/C10H23NS/c1-4-7-10(9-12-6-3)11-8-5-2/h10-11H,4-9H2,1-3H3. The van der Waals surface area contributed by atoms with Crippen LogP contribution in [-0.4, -0.2) is 24.1 Å². The molecule has 74 valence electrons. The van der Waals surface area contributed by atoms with Crippen molar-refractivity contribution in [2.24, 2.45) is 0 Å². The van der Waals surface area contributed by atoms with Crippen molar-refractivity contribution in [2.75, 3.05) is 18.1 Å². The molecule has 0 aliphatic heterocycles. The van der Waals surface area contributed by atoms with Gasteiger partial charge in [-0.15, -0.1) is 0 Å². The van der Waals surface area contributed by atoms with Gasteiger partial charge in [-0.05, 0) is 25.1 Å². The first kappa shape index (κ1) is 12.3. The third-order valence-corrected chi connectivity index (χ3v) is 2.89. The van der Waals surface area contributed by atoms with Crippen LogP contribution in [-0.2, 0) is 0 Å². The van der Waals surface area contributed by atoms with Crippen LogP contribution in [0.4, 0.5) is 0 Å². The highest BCUT2D eigenvalue weighted by molar-refractivity contribution is 7.99. The second kappa shape index (κ2) is 9.40. The number of hydrogen-bond acceptors (Lipinski definition) is 2. The monoisotopic (exact) mass is 189 g/mol. The molecule has 0 aromatic carbocycles. The Bertz CT molecular complexity index is 77.9. The summed E-state index contributed by atoms with van der Waals surface area (Å²) >= 11 is 2.04. The Kier molecular flexibility index (Phi) is 9.64. The van der Waals surface area contributed by atoms with Crippen LogP contribution < -0.4 is 5.32 Å². The maximum Gasteiger partial charge on any atom is 0.0158 e. The van der Waals surface area contributed by atoms with Gasteiger partial charge in [-0.1, -0.05) is 27.2 Å². The summed E-state index contributed by atoms with van der Waals surface area (Å²) in [6, 6.07) is 0.750. The summed E-state index contributed by atoms with van der Waals surface area (Å²) in [5.41, 5.74) is 0. The average molecular weight is 189 g/mol. The minimum atomic E-state index is 0.750. The predicted molar refractivity (Wildman–Crippen MR) is 60.0 cm³/mol. The molecule has 0 saturated heterocycles. The minimum Gasteiger partial charge on any atom is -0.313 e. The van der Waals surface area contributed by atoms with E-state index >= 15 is 0 Å². The van der Waals surface area contributed by atoms with Crippen molar-refractivity contribution in [3.05, 3.63) is 0 Å². The van der Waals surface area contributed by atoms with E-state index in [0.717, 1.165) is 6.04 Å². The maximum atomic E-state index is 3.58. The zero-order chi connectivity index (χ0) is 9.23. The first-order valence-electron chi connectivity index (χ1n) is 5.16. The topological polar surface area (TPSA) is 12.0 Å². The van der Waals surface area contributed by atoms with Gasteiger partial charge in [0.15, 0.2) is 0 Å². The fourth-order valence-corrected chi connectivity index (χ4v) is 2.01. The van der Waals surface area contributed by atoms with Gasteiger partial charge in [0.25, 0.3) is 0 Å². The largest absolute Gasteiger partial charge is 0.313 e. The summed E-state index contributed by atoms with van der Waals surface area (Å²) < 4.78 is 0. The van der Waals surface area contributed by atoms with Gasteiger partial charge in [0.2, 0.25) is 0 Å². The van der Waals surface area contributed by atoms with E-state index in [0.29, 0.717) is 0 Å². The molecule has 1 atom stereocenters. The summed E-state index contributed by atoms with van der Waals surface area (Å²) in [5, 5.41) is 3.58. The molecular weight excluding hydrogens is 166 g/mol. The van der Waals surface area contributed by atoms with E-state index in [4.69, 9.17) is 0 Å². The van der Waals surface area contributed by atoms with Crippen LogP contribution in [0.15, 0.2) is 0 Å². The molecule has 0 aliphatic rings. The third-order valence-electron chi connectivity index (χ3n) is 1.84. The number of thioether (sulfide) groups is 1. The first-order chi connectivity index (χ1) is 5.85. The van der Waals surface area contributed by atoms with Crippen molar-refractivity contribution in [1.29, 1.82) is 0 Å². The highest BCUT2D eigenvalue weighted by atomic mass is 32.2. The Balaban J connectivity index is 3.40. The number of hydrogen-bond donors (Lipinski definition) is 1. The average Bonchev–Trinajstić information content (AvgIpc) is 2.10. The van der Waals surface area contributed by atoms with Crippen LogP contribution >= 0.6 is 11.8 Å². The van der Waals surface area contributed by atoms with Gasteiger partial charge in [-0.2, -0.15) is 11.8 Å². The number of nitrogens with one attached hydrogen (secondary N) is 1. The lowest BCUT2D eigenvalue weighted by molar-refractivity contribution is 0.514. The molecule has 1 N–H and O–H groups in total. The summed E-state index contributed by atoms with van der Waals surface area (Å²) in [4.78, 5) is 0. The van der Waals surface area contributed by atoms with Crippen LogP contribution in [0.2, 0.25) is 0 Å². The molecule has 0 aliphatic carbocycles. The first-order valence-corrected chi connectivity index (χ1v) is 6.31. The molecule has 12 heavy (non-hydrogen) atoms. The van der Waals surface area contributed by atoms with E-state index in [2.05, 4.69) is 26.1 Å². The van der Waals surface area contributed by atoms with Gasteiger partial charge >= 0.3 is 0 Å². The second-order valence-electron chi connectivity index (χ2n) is 3.10. The molecule has 0 aromatic rings. The molecule has 0 spiro atoms. The highest BCUT2D eigenvalue weighted by Crippen LogP contribution is 2.06. The lowest BCUT2D eigenvalue weighted by atomic mass is 10.2. The summed E-state index contributed by atoms with van der Waals surface area (Å²) in [6.45, 7) is 7.89. The van der Waals surface area contributed by atoms with Gasteiger partial charge < -0.3 is 5.32 Å². The Morgan fingerprint density at radius 1 is 1.17 bits per heavy atom. The molecule has 0 saturated carbocycles. The molecule has 0 radical (unpaired) electrons. The van der Waals surface area contributed by atoms with Gasteiger partial charge in [0, 0.05) is 11.8 Å². The Labute approximate surface area is 81.7 Å². The summed E-state index contributed by atoms with van der Waals surface area (Å²) in [6.07, 6.45) is 3.87. The van der Waals surface area contributed by atoms with E-state index in [1.54, 1.807) is 0 Å². The van der Waals surface area contributed by atoms with E-state index < -0.39 is 0 Å². The second-order valence-corrected chi connectivity index (χ2v) is 4.42. The fourth-order valence-electron chi connectivity index (χ4n) is 1.20. The summed E-state index contributed by atoms with van der Waals surface area (Å²) in [5.74, 6) is 2.53. The molecule has 1 nitrogen and oxygen atoms in total. The third kappa shape index (κ3) is 6.99. The SMILES string of the molecule is CCCNC(CCC)CSCC. The van der Waals surface area contributed by atoms with E-state index in [-0.39, 0.29) is 0 Å². The lowest BCUT2D eigenvalue weighted by Gasteiger charge is -2.16. The molecule has 0 bridgehead atoms. The van der Waals surface area contributed by atoms with Gasteiger partial charge in [0.1, 0.15) is 0 Å². The van der Waals surface area contributed by atoms with Crippen molar-refractivity contribution >= 4 is 11.8 Å². The minimum absolute atomic E-state index is 0.750. The van der Waals surface area contributed by atoms with Crippen LogP contribution in [0.25, 0.3) is 0 Å². The van der Waals surface area contributed by atoms with Gasteiger partial charge in [-0.3, -0.25) is 0 Å². The zero-order valence-corrected chi connectivity index (χ0v) is 9.54. The van der Waals surface area contributed by atoms with Gasteiger partial charge in [-0.25, -0.2) is 0 Å². The van der Waals surface area contributed by atoms with Crippen LogP contribution in [0.3, 0.4) is 0 Å². The smallest absolute Gasteiger partial charge is 0.0158 e. The van der Waals surface area contributed by atoms with Crippen molar-refractivity contribution in [1.82, 2.24) is 5.32 Å².